The van der Waals surface area contributed by atoms with Crippen molar-refractivity contribution in [2.75, 3.05) is 26.2 Å². The van der Waals surface area contributed by atoms with Crippen molar-refractivity contribution in [2.45, 2.75) is 25.8 Å². The molecule has 1 saturated heterocycles. The van der Waals surface area contributed by atoms with Crippen LogP contribution in [0, 0.1) is 0 Å². The molecule has 1 amide bonds. The summed E-state index contributed by atoms with van der Waals surface area (Å²) in [6, 6.07) is 14.4. The Hall–Kier alpha value is -2.70. The number of rotatable bonds is 7. The Labute approximate surface area is 180 Å². The summed E-state index contributed by atoms with van der Waals surface area (Å²) in [6.07, 6.45) is 3.38. The number of halogens is 1. The zero-order valence-corrected chi connectivity index (χ0v) is 17.6. The highest BCUT2D eigenvalue weighted by atomic mass is 35.5. The van der Waals surface area contributed by atoms with E-state index >= 15 is 0 Å². The molecule has 1 aliphatic heterocycles. The molecule has 0 radical (unpaired) electrons. The van der Waals surface area contributed by atoms with Gasteiger partial charge in [0, 0.05) is 11.6 Å². The van der Waals surface area contributed by atoms with E-state index in [0.29, 0.717) is 22.5 Å². The van der Waals surface area contributed by atoms with E-state index in [4.69, 9.17) is 11.6 Å². The predicted molar refractivity (Wildman–Crippen MR) is 119 cm³/mol. The first-order chi connectivity index (χ1) is 14.6. The lowest BCUT2D eigenvalue weighted by Gasteiger charge is -2.16. The van der Waals surface area contributed by atoms with Crippen molar-refractivity contribution in [1.82, 2.24) is 19.8 Å². The monoisotopic (exact) mass is 424 g/mol. The number of para-hydroxylation sites is 1. The van der Waals surface area contributed by atoms with E-state index in [0.717, 1.165) is 31.6 Å². The minimum atomic E-state index is -0.326. The second-order valence-electron chi connectivity index (χ2n) is 7.63. The van der Waals surface area contributed by atoms with Gasteiger partial charge in [0.25, 0.3) is 11.5 Å². The Morgan fingerprint density at radius 1 is 1.07 bits per heavy atom. The van der Waals surface area contributed by atoms with Gasteiger partial charge < -0.3 is 10.2 Å². The van der Waals surface area contributed by atoms with Crippen molar-refractivity contribution in [3.63, 3.8) is 0 Å². The highest BCUT2D eigenvalue weighted by Gasteiger charge is 2.18. The van der Waals surface area contributed by atoms with Crippen molar-refractivity contribution in [3.05, 3.63) is 75.3 Å². The van der Waals surface area contributed by atoms with E-state index in [1.165, 1.54) is 17.4 Å². The highest BCUT2D eigenvalue weighted by molar-refractivity contribution is 6.30. The van der Waals surface area contributed by atoms with E-state index in [9.17, 15) is 9.59 Å². The van der Waals surface area contributed by atoms with Crippen molar-refractivity contribution in [1.29, 1.82) is 0 Å². The van der Waals surface area contributed by atoms with E-state index < -0.39 is 0 Å². The van der Waals surface area contributed by atoms with Crippen LogP contribution in [0.2, 0.25) is 5.02 Å². The molecule has 1 fully saturated rings. The molecule has 0 aliphatic carbocycles. The molecule has 0 bridgehead atoms. The van der Waals surface area contributed by atoms with Crippen molar-refractivity contribution in [3.8, 4) is 0 Å². The molecule has 156 valence electrons. The molecule has 1 aromatic heterocycles. The summed E-state index contributed by atoms with van der Waals surface area (Å²) in [7, 11) is 0. The maximum Gasteiger partial charge on any atom is 0.287 e. The number of amides is 1. The lowest BCUT2D eigenvalue weighted by Crippen LogP contribution is -2.35. The van der Waals surface area contributed by atoms with Gasteiger partial charge in [-0.3, -0.25) is 14.2 Å². The van der Waals surface area contributed by atoms with E-state index in [-0.39, 0.29) is 23.8 Å². The van der Waals surface area contributed by atoms with Gasteiger partial charge in [0.1, 0.15) is 0 Å². The summed E-state index contributed by atoms with van der Waals surface area (Å²) >= 11 is 5.98. The SMILES string of the molecule is O=C(NCCCN1CCCC1)c1nc2ccccc2c(=O)n1Cc1ccc(Cl)cc1. The number of aromatic nitrogens is 2. The van der Waals surface area contributed by atoms with Gasteiger partial charge in [0.05, 0.1) is 17.4 Å². The molecule has 7 heteroatoms. The van der Waals surface area contributed by atoms with Gasteiger partial charge in [-0.15, -0.1) is 0 Å². The summed E-state index contributed by atoms with van der Waals surface area (Å²) in [6.45, 7) is 4.06. The smallest absolute Gasteiger partial charge is 0.287 e. The lowest BCUT2D eigenvalue weighted by molar-refractivity contribution is 0.0936. The zero-order chi connectivity index (χ0) is 20.9. The average Bonchev–Trinajstić information content (AvgIpc) is 3.28. The Balaban J connectivity index is 1.57. The van der Waals surface area contributed by atoms with Crippen molar-refractivity contribution >= 4 is 28.4 Å². The fourth-order valence-electron chi connectivity index (χ4n) is 3.85. The number of hydrogen-bond acceptors (Lipinski definition) is 4. The number of carbonyl (C=O) groups excluding carboxylic acids is 1. The van der Waals surface area contributed by atoms with Crippen LogP contribution >= 0.6 is 11.6 Å². The first-order valence-electron chi connectivity index (χ1n) is 10.4. The van der Waals surface area contributed by atoms with Crippen LogP contribution in [0.15, 0.2) is 53.3 Å². The van der Waals surface area contributed by atoms with Gasteiger partial charge >= 0.3 is 0 Å². The quantitative estimate of drug-likeness (QED) is 0.591. The third-order valence-corrected chi connectivity index (χ3v) is 5.71. The summed E-state index contributed by atoms with van der Waals surface area (Å²) in [4.78, 5) is 33.0. The summed E-state index contributed by atoms with van der Waals surface area (Å²) in [5.74, 6) is -0.192. The van der Waals surface area contributed by atoms with Gasteiger partial charge in [-0.2, -0.15) is 0 Å². The largest absolute Gasteiger partial charge is 0.349 e. The Bertz CT molecular complexity index is 1090. The molecular weight excluding hydrogens is 400 g/mol. The first kappa shape index (κ1) is 20.6. The number of nitrogens with one attached hydrogen (secondary N) is 1. The Morgan fingerprint density at radius 3 is 2.57 bits per heavy atom. The third kappa shape index (κ3) is 4.71. The molecule has 1 aliphatic rings. The van der Waals surface area contributed by atoms with Gasteiger partial charge in [-0.05, 0) is 68.7 Å². The molecule has 2 heterocycles. The highest BCUT2D eigenvalue weighted by Crippen LogP contribution is 2.13. The number of likely N-dealkylation sites (tertiary alicyclic amines) is 1. The lowest BCUT2D eigenvalue weighted by atomic mass is 10.2. The minimum Gasteiger partial charge on any atom is -0.349 e. The molecule has 0 saturated carbocycles. The van der Waals surface area contributed by atoms with E-state index in [1.54, 1.807) is 30.3 Å². The maximum atomic E-state index is 13.1. The van der Waals surface area contributed by atoms with Crippen LogP contribution in [-0.2, 0) is 6.54 Å². The molecule has 30 heavy (non-hydrogen) atoms. The fraction of sp³-hybridized carbons (Fsp3) is 0.348. The summed E-state index contributed by atoms with van der Waals surface area (Å²) in [5, 5.41) is 4.06. The molecule has 6 nitrogen and oxygen atoms in total. The van der Waals surface area contributed by atoms with Crippen LogP contribution in [0.4, 0.5) is 0 Å². The van der Waals surface area contributed by atoms with Gasteiger partial charge in [0.2, 0.25) is 5.82 Å². The van der Waals surface area contributed by atoms with Crippen LogP contribution in [-0.4, -0.2) is 46.5 Å². The Morgan fingerprint density at radius 2 is 1.80 bits per heavy atom. The molecule has 0 spiro atoms. The number of nitrogens with zero attached hydrogens (tertiary/aromatic N) is 3. The number of fused-ring (bicyclic) bond motifs is 1. The van der Waals surface area contributed by atoms with Gasteiger partial charge in [-0.1, -0.05) is 35.9 Å². The van der Waals surface area contributed by atoms with E-state index in [1.807, 2.05) is 18.2 Å². The van der Waals surface area contributed by atoms with Crippen LogP contribution in [0.25, 0.3) is 10.9 Å². The van der Waals surface area contributed by atoms with Gasteiger partial charge in [-0.25, -0.2) is 4.98 Å². The van der Waals surface area contributed by atoms with Crippen LogP contribution in [0.3, 0.4) is 0 Å². The van der Waals surface area contributed by atoms with Crippen LogP contribution < -0.4 is 10.9 Å². The fourth-order valence-corrected chi connectivity index (χ4v) is 3.98. The number of hydrogen-bond donors (Lipinski definition) is 1. The molecular formula is C23H25ClN4O2. The molecule has 0 unspecified atom stereocenters. The second-order valence-corrected chi connectivity index (χ2v) is 8.06. The summed E-state index contributed by atoms with van der Waals surface area (Å²) < 4.78 is 1.45. The predicted octanol–water partition coefficient (Wildman–Crippen LogP) is 3.31. The number of benzene rings is 2. The Kier molecular flexibility index (Phi) is 6.45. The normalized spacial score (nSPS) is 14.3. The van der Waals surface area contributed by atoms with Crippen LogP contribution in [0.5, 0.6) is 0 Å². The topological polar surface area (TPSA) is 67.2 Å². The van der Waals surface area contributed by atoms with Crippen LogP contribution in [0.1, 0.15) is 35.4 Å². The minimum absolute atomic E-state index is 0.134. The maximum absolute atomic E-state index is 13.1. The molecule has 3 aromatic rings. The molecule has 4 rings (SSSR count). The second kappa shape index (κ2) is 9.41. The average molecular weight is 425 g/mol. The standard InChI is InChI=1S/C23H25ClN4O2/c24-18-10-8-17(9-11-18)16-28-21(26-20-7-2-1-6-19(20)23(28)30)22(29)25-12-5-15-27-13-3-4-14-27/h1-2,6-11H,3-5,12-16H2,(H,25,29). The van der Waals surface area contributed by atoms with Crippen molar-refractivity contribution in [2.24, 2.45) is 0 Å². The molecule has 2 aromatic carbocycles. The van der Waals surface area contributed by atoms with Gasteiger partial charge in [0.15, 0.2) is 0 Å². The zero-order valence-electron chi connectivity index (χ0n) is 16.8. The molecule has 0 atom stereocenters. The number of carbonyl (C=O) groups is 1. The van der Waals surface area contributed by atoms with Crippen molar-refractivity contribution < 1.29 is 4.79 Å². The van der Waals surface area contributed by atoms with E-state index in [2.05, 4.69) is 15.2 Å². The molecule has 1 N–H and O–H groups in total. The third-order valence-electron chi connectivity index (χ3n) is 5.45. The summed E-state index contributed by atoms with van der Waals surface area (Å²) in [5.41, 5.74) is 1.18. The first-order valence-corrected chi connectivity index (χ1v) is 10.7.